The summed E-state index contributed by atoms with van der Waals surface area (Å²) >= 11 is 0. The van der Waals surface area contributed by atoms with Crippen molar-refractivity contribution < 1.29 is 0 Å². The van der Waals surface area contributed by atoms with Crippen molar-refractivity contribution in [3.8, 4) is 6.07 Å². The Morgan fingerprint density at radius 2 is 1.87 bits per heavy atom. The van der Waals surface area contributed by atoms with Gasteiger partial charge in [0.2, 0.25) is 0 Å². The van der Waals surface area contributed by atoms with Crippen LogP contribution in [0.15, 0.2) is 48.7 Å². The molecule has 0 spiro atoms. The molecule has 1 aromatic carbocycles. The molecule has 1 fully saturated rings. The molecule has 0 amide bonds. The molecule has 0 N–H and O–H groups in total. The van der Waals surface area contributed by atoms with Crippen molar-refractivity contribution in [3.63, 3.8) is 0 Å². The van der Waals surface area contributed by atoms with Crippen molar-refractivity contribution in [1.29, 1.82) is 5.26 Å². The fraction of sp³-hybridized carbons (Fsp3) is 0.368. The average Bonchev–Trinajstić information content (AvgIpc) is 2.88. The lowest BCUT2D eigenvalue weighted by Gasteiger charge is -2.28. The first-order valence-electron chi connectivity index (χ1n) is 8.18. The molecule has 1 saturated heterocycles. The Morgan fingerprint density at radius 1 is 1.04 bits per heavy atom. The van der Waals surface area contributed by atoms with Gasteiger partial charge < -0.3 is 4.90 Å². The van der Waals surface area contributed by atoms with E-state index in [1.807, 2.05) is 12.1 Å². The molecule has 1 aromatic heterocycles. The third-order valence-corrected chi connectivity index (χ3v) is 4.57. The van der Waals surface area contributed by atoms with Gasteiger partial charge in [-0.2, -0.15) is 5.26 Å². The molecule has 1 aliphatic heterocycles. The molecule has 1 atom stereocenters. The zero-order valence-corrected chi connectivity index (χ0v) is 13.5. The number of hydrogen-bond acceptors (Lipinski definition) is 4. The standard InChI is InChI=1S/C19H22N4/c1-16(17-7-3-2-4-8-17)22-11-6-12-23(14-13-22)19-18(15-20)9-5-10-21-19/h2-5,7-10,16H,6,11-14H2,1H3. The van der Waals surface area contributed by atoms with Gasteiger partial charge >= 0.3 is 0 Å². The molecule has 2 heterocycles. The van der Waals surface area contributed by atoms with Crippen molar-refractivity contribution in [3.05, 3.63) is 59.8 Å². The van der Waals surface area contributed by atoms with Crippen molar-refractivity contribution in [2.45, 2.75) is 19.4 Å². The van der Waals surface area contributed by atoms with Crippen LogP contribution in [0, 0.1) is 11.3 Å². The maximum absolute atomic E-state index is 9.28. The molecule has 1 unspecified atom stereocenters. The molecule has 23 heavy (non-hydrogen) atoms. The van der Waals surface area contributed by atoms with E-state index in [0.29, 0.717) is 11.6 Å². The zero-order valence-electron chi connectivity index (χ0n) is 13.5. The third kappa shape index (κ3) is 3.52. The molecule has 0 radical (unpaired) electrons. The van der Waals surface area contributed by atoms with Gasteiger partial charge in [-0.05, 0) is 31.0 Å². The Labute approximate surface area is 138 Å². The Bertz CT molecular complexity index is 677. The third-order valence-electron chi connectivity index (χ3n) is 4.57. The quantitative estimate of drug-likeness (QED) is 0.873. The highest BCUT2D eigenvalue weighted by molar-refractivity contribution is 5.53. The van der Waals surface area contributed by atoms with E-state index in [9.17, 15) is 5.26 Å². The minimum absolute atomic E-state index is 0.412. The van der Waals surface area contributed by atoms with E-state index in [4.69, 9.17) is 0 Å². The van der Waals surface area contributed by atoms with E-state index in [-0.39, 0.29) is 0 Å². The summed E-state index contributed by atoms with van der Waals surface area (Å²) in [5.41, 5.74) is 2.02. The van der Waals surface area contributed by atoms with Gasteiger partial charge in [0.05, 0.1) is 5.56 Å². The normalized spacial score (nSPS) is 17.3. The summed E-state index contributed by atoms with van der Waals surface area (Å²) in [4.78, 5) is 9.19. The molecule has 1 aliphatic rings. The molecule has 3 rings (SSSR count). The van der Waals surface area contributed by atoms with Crippen molar-refractivity contribution >= 4 is 5.82 Å². The minimum Gasteiger partial charge on any atom is -0.354 e. The van der Waals surface area contributed by atoms with Crippen LogP contribution < -0.4 is 4.90 Å². The lowest BCUT2D eigenvalue weighted by molar-refractivity contribution is 0.226. The van der Waals surface area contributed by atoms with E-state index in [1.165, 1.54) is 5.56 Å². The monoisotopic (exact) mass is 306 g/mol. The van der Waals surface area contributed by atoms with Crippen LogP contribution in [0.4, 0.5) is 5.82 Å². The van der Waals surface area contributed by atoms with Gasteiger partial charge in [0.15, 0.2) is 0 Å². The molecule has 4 nitrogen and oxygen atoms in total. The van der Waals surface area contributed by atoms with Gasteiger partial charge in [-0.15, -0.1) is 0 Å². The highest BCUT2D eigenvalue weighted by Gasteiger charge is 2.21. The fourth-order valence-electron chi connectivity index (χ4n) is 3.22. The highest BCUT2D eigenvalue weighted by atomic mass is 15.3. The first-order chi connectivity index (χ1) is 11.3. The summed E-state index contributed by atoms with van der Waals surface area (Å²) in [6, 6.07) is 17.0. The second-order valence-corrected chi connectivity index (χ2v) is 5.95. The molecule has 0 bridgehead atoms. The van der Waals surface area contributed by atoms with Crippen LogP contribution in [-0.4, -0.2) is 36.1 Å². The van der Waals surface area contributed by atoms with E-state index in [1.54, 1.807) is 6.20 Å². The van der Waals surface area contributed by atoms with Gasteiger partial charge in [-0.3, -0.25) is 4.90 Å². The number of benzene rings is 1. The lowest BCUT2D eigenvalue weighted by atomic mass is 10.1. The molecule has 118 valence electrons. The largest absolute Gasteiger partial charge is 0.354 e. The van der Waals surface area contributed by atoms with E-state index < -0.39 is 0 Å². The molecule has 4 heteroatoms. The SMILES string of the molecule is CC(c1ccccc1)N1CCCN(c2ncccc2C#N)CC1. The van der Waals surface area contributed by atoms with E-state index in [0.717, 1.165) is 38.4 Å². The van der Waals surface area contributed by atoms with Crippen molar-refractivity contribution in [1.82, 2.24) is 9.88 Å². The van der Waals surface area contributed by atoms with Crippen LogP contribution in [0.2, 0.25) is 0 Å². The summed E-state index contributed by atoms with van der Waals surface area (Å²) in [6.45, 7) is 6.18. The van der Waals surface area contributed by atoms with Gasteiger partial charge in [0, 0.05) is 38.4 Å². The topological polar surface area (TPSA) is 43.2 Å². The van der Waals surface area contributed by atoms with Crippen LogP contribution in [0.3, 0.4) is 0 Å². The van der Waals surface area contributed by atoms with Crippen LogP contribution in [-0.2, 0) is 0 Å². The number of pyridine rings is 1. The van der Waals surface area contributed by atoms with Crippen LogP contribution in [0.25, 0.3) is 0 Å². The molecule has 0 aliphatic carbocycles. The van der Waals surface area contributed by atoms with E-state index >= 15 is 0 Å². The number of hydrogen-bond donors (Lipinski definition) is 0. The average molecular weight is 306 g/mol. The smallest absolute Gasteiger partial charge is 0.146 e. The lowest BCUT2D eigenvalue weighted by Crippen LogP contribution is -2.33. The van der Waals surface area contributed by atoms with Crippen LogP contribution in [0.5, 0.6) is 0 Å². The fourth-order valence-corrected chi connectivity index (χ4v) is 3.22. The number of rotatable bonds is 3. The van der Waals surface area contributed by atoms with Gasteiger partial charge in [0.25, 0.3) is 0 Å². The maximum atomic E-state index is 9.28. The Hall–Kier alpha value is -2.38. The first-order valence-corrected chi connectivity index (χ1v) is 8.18. The Kier molecular flexibility index (Phi) is 4.89. The maximum Gasteiger partial charge on any atom is 0.146 e. The predicted octanol–water partition coefficient (Wildman–Crippen LogP) is 3.23. The number of anilines is 1. The molecular weight excluding hydrogens is 284 g/mol. The van der Waals surface area contributed by atoms with Gasteiger partial charge in [-0.1, -0.05) is 30.3 Å². The van der Waals surface area contributed by atoms with Crippen LogP contribution >= 0.6 is 0 Å². The zero-order chi connectivity index (χ0) is 16.1. The molecule has 2 aromatic rings. The van der Waals surface area contributed by atoms with Crippen molar-refractivity contribution in [2.24, 2.45) is 0 Å². The Balaban J connectivity index is 1.71. The molecular formula is C19H22N4. The second kappa shape index (κ2) is 7.26. The first kappa shape index (κ1) is 15.5. The number of nitrogens with zero attached hydrogens (tertiary/aromatic N) is 4. The number of nitriles is 1. The van der Waals surface area contributed by atoms with Gasteiger partial charge in [0.1, 0.15) is 11.9 Å². The van der Waals surface area contributed by atoms with E-state index in [2.05, 4.69) is 58.1 Å². The highest BCUT2D eigenvalue weighted by Crippen LogP contribution is 2.23. The summed E-state index contributed by atoms with van der Waals surface area (Å²) in [7, 11) is 0. The van der Waals surface area contributed by atoms with Crippen molar-refractivity contribution in [2.75, 3.05) is 31.1 Å². The summed E-state index contributed by atoms with van der Waals surface area (Å²) in [5.74, 6) is 0.823. The summed E-state index contributed by atoms with van der Waals surface area (Å²) < 4.78 is 0. The predicted molar refractivity (Wildman–Crippen MR) is 92.2 cm³/mol. The number of aromatic nitrogens is 1. The summed E-state index contributed by atoms with van der Waals surface area (Å²) in [6.07, 6.45) is 2.85. The second-order valence-electron chi connectivity index (χ2n) is 5.95. The minimum atomic E-state index is 0.412. The van der Waals surface area contributed by atoms with Crippen LogP contribution in [0.1, 0.15) is 30.5 Å². The summed E-state index contributed by atoms with van der Waals surface area (Å²) in [5, 5.41) is 9.28. The van der Waals surface area contributed by atoms with Gasteiger partial charge in [-0.25, -0.2) is 4.98 Å². The Morgan fingerprint density at radius 3 is 2.65 bits per heavy atom. The molecule has 0 saturated carbocycles.